The number of carbonyl (C=O) groups is 1. The van der Waals surface area contributed by atoms with Crippen LogP contribution in [0.3, 0.4) is 0 Å². The molecular weight excluding hydrogens is 248 g/mol. The molecule has 0 spiro atoms. The SMILES string of the molecule is CCCCN(C(=O)c1cc(N)ccc1Cl)C1CC1. The van der Waals surface area contributed by atoms with E-state index in [0.717, 1.165) is 32.2 Å². The minimum atomic E-state index is 0.0169. The molecule has 1 aliphatic carbocycles. The van der Waals surface area contributed by atoms with Crippen molar-refractivity contribution in [3.05, 3.63) is 28.8 Å². The highest BCUT2D eigenvalue weighted by Gasteiger charge is 2.33. The molecule has 0 aromatic heterocycles. The summed E-state index contributed by atoms with van der Waals surface area (Å²) in [5, 5.41) is 0.483. The van der Waals surface area contributed by atoms with Gasteiger partial charge in [0.25, 0.3) is 5.91 Å². The Labute approximate surface area is 113 Å². The van der Waals surface area contributed by atoms with Crippen LogP contribution in [0.25, 0.3) is 0 Å². The number of nitrogens with zero attached hydrogens (tertiary/aromatic N) is 1. The first-order valence-electron chi connectivity index (χ1n) is 6.49. The van der Waals surface area contributed by atoms with Crippen LogP contribution in [0.5, 0.6) is 0 Å². The maximum atomic E-state index is 12.5. The fourth-order valence-corrected chi connectivity index (χ4v) is 2.22. The van der Waals surface area contributed by atoms with E-state index in [1.165, 1.54) is 0 Å². The lowest BCUT2D eigenvalue weighted by atomic mass is 10.1. The summed E-state index contributed by atoms with van der Waals surface area (Å²) in [6.07, 6.45) is 4.33. The van der Waals surface area contributed by atoms with Crippen molar-refractivity contribution in [1.82, 2.24) is 4.90 Å². The van der Waals surface area contributed by atoms with Gasteiger partial charge in [-0.25, -0.2) is 0 Å². The van der Waals surface area contributed by atoms with Crippen LogP contribution in [0.15, 0.2) is 18.2 Å². The monoisotopic (exact) mass is 266 g/mol. The number of amides is 1. The molecule has 1 aromatic rings. The van der Waals surface area contributed by atoms with Gasteiger partial charge in [0.15, 0.2) is 0 Å². The maximum absolute atomic E-state index is 12.5. The van der Waals surface area contributed by atoms with E-state index in [9.17, 15) is 4.79 Å². The Balaban J connectivity index is 2.19. The van der Waals surface area contributed by atoms with Crippen molar-refractivity contribution in [3.63, 3.8) is 0 Å². The van der Waals surface area contributed by atoms with Crippen LogP contribution in [-0.2, 0) is 0 Å². The van der Waals surface area contributed by atoms with Crippen LogP contribution in [0.4, 0.5) is 5.69 Å². The fourth-order valence-electron chi connectivity index (χ4n) is 2.03. The summed E-state index contributed by atoms with van der Waals surface area (Å²) >= 11 is 6.09. The second-order valence-corrected chi connectivity index (χ2v) is 5.23. The standard InChI is InChI=1S/C14H19ClN2O/c1-2-3-8-17(11-5-6-11)14(18)12-9-10(16)4-7-13(12)15/h4,7,9,11H,2-3,5-6,8,16H2,1H3. The third-order valence-electron chi connectivity index (χ3n) is 3.22. The lowest BCUT2D eigenvalue weighted by Crippen LogP contribution is -2.34. The van der Waals surface area contributed by atoms with Crippen molar-refractivity contribution >= 4 is 23.2 Å². The van der Waals surface area contributed by atoms with Crippen LogP contribution in [-0.4, -0.2) is 23.4 Å². The third kappa shape index (κ3) is 2.96. The molecule has 0 bridgehead atoms. The van der Waals surface area contributed by atoms with E-state index < -0.39 is 0 Å². The molecule has 1 aromatic carbocycles. The number of unbranched alkanes of at least 4 members (excludes halogenated alkanes) is 1. The topological polar surface area (TPSA) is 46.3 Å². The highest BCUT2D eigenvalue weighted by atomic mass is 35.5. The molecule has 4 heteroatoms. The minimum Gasteiger partial charge on any atom is -0.399 e. The Hall–Kier alpha value is -1.22. The maximum Gasteiger partial charge on any atom is 0.255 e. The molecule has 1 aliphatic rings. The van der Waals surface area contributed by atoms with E-state index in [1.807, 2.05) is 4.90 Å². The molecule has 2 N–H and O–H groups in total. The summed E-state index contributed by atoms with van der Waals surface area (Å²) < 4.78 is 0. The Morgan fingerprint density at radius 3 is 2.83 bits per heavy atom. The molecule has 2 rings (SSSR count). The van der Waals surface area contributed by atoms with Gasteiger partial charge in [0.2, 0.25) is 0 Å². The van der Waals surface area contributed by atoms with E-state index in [4.69, 9.17) is 17.3 Å². The number of nitrogen functional groups attached to an aromatic ring is 1. The molecule has 18 heavy (non-hydrogen) atoms. The average Bonchev–Trinajstić information content (AvgIpc) is 3.17. The van der Waals surface area contributed by atoms with Gasteiger partial charge in [-0.2, -0.15) is 0 Å². The van der Waals surface area contributed by atoms with Gasteiger partial charge in [0.05, 0.1) is 10.6 Å². The van der Waals surface area contributed by atoms with Gasteiger partial charge in [-0.05, 0) is 37.5 Å². The van der Waals surface area contributed by atoms with Crippen LogP contribution in [0.1, 0.15) is 43.0 Å². The van der Waals surface area contributed by atoms with E-state index in [1.54, 1.807) is 18.2 Å². The lowest BCUT2D eigenvalue weighted by molar-refractivity contribution is 0.0741. The van der Waals surface area contributed by atoms with Gasteiger partial charge in [0, 0.05) is 18.3 Å². The van der Waals surface area contributed by atoms with Crippen molar-refractivity contribution in [2.24, 2.45) is 0 Å². The van der Waals surface area contributed by atoms with Gasteiger partial charge in [-0.1, -0.05) is 24.9 Å². The summed E-state index contributed by atoms with van der Waals surface area (Å²) in [5.41, 5.74) is 6.83. The van der Waals surface area contributed by atoms with Gasteiger partial charge < -0.3 is 10.6 Å². The molecular formula is C14H19ClN2O. The number of hydrogen-bond donors (Lipinski definition) is 1. The molecule has 0 radical (unpaired) electrons. The molecule has 1 amide bonds. The quantitative estimate of drug-likeness (QED) is 0.831. The van der Waals surface area contributed by atoms with Crippen molar-refractivity contribution in [1.29, 1.82) is 0 Å². The summed E-state index contributed by atoms with van der Waals surface area (Å²) in [4.78, 5) is 14.4. The molecule has 3 nitrogen and oxygen atoms in total. The Morgan fingerprint density at radius 1 is 1.50 bits per heavy atom. The highest BCUT2D eigenvalue weighted by molar-refractivity contribution is 6.34. The fraction of sp³-hybridized carbons (Fsp3) is 0.500. The van der Waals surface area contributed by atoms with Crippen molar-refractivity contribution in [3.8, 4) is 0 Å². The molecule has 0 unspecified atom stereocenters. The zero-order chi connectivity index (χ0) is 13.1. The summed E-state index contributed by atoms with van der Waals surface area (Å²) in [7, 11) is 0. The summed E-state index contributed by atoms with van der Waals surface area (Å²) in [6, 6.07) is 5.48. The van der Waals surface area contributed by atoms with E-state index in [0.29, 0.717) is 22.3 Å². The van der Waals surface area contributed by atoms with Crippen molar-refractivity contribution < 1.29 is 4.79 Å². The number of anilines is 1. The predicted octanol–water partition coefficient (Wildman–Crippen LogP) is 3.33. The first kappa shape index (κ1) is 13.2. The molecule has 1 fully saturated rings. The van der Waals surface area contributed by atoms with E-state index in [2.05, 4.69) is 6.92 Å². The van der Waals surface area contributed by atoms with E-state index in [-0.39, 0.29) is 5.91 Å². The van der Waals surface area contributed by atoms with Gasteiger partial charge >= 0.3 is 0 Å². The highest BCUT2D eigenvalue weighted by Crippen LogP contribution is 2.30. The average molecular weight is 267 g/mol. The van der Waals surface area contributed by atoms with Crippen LogP contribution < -0.4 is 5.73 Å². The first-order chi connectivity index (χ1) is 8.63. The number of nitrogens with two attached hydrogens (primary N) is 1. The largest absolute Gasteiger partial charge is 0.399 e. The van der Waals surface area contributed by atoms with Crippen molar-refractivity contribution in [2.75, 3.05) is 12.3 Å². The molecule has 0 aliphatic heterocycles. The number of halogens is 1. The predicted molar refractivity (Wildman–Crippen MR) is 74.8 cm³/mol. The second-order valence-electron chi connectivity index (χ2n) is 4.82. The minimum absolute atomic E-state index is 0.0169. The molecule has 0 saturated heterocycles. The molecule has 1 saturated carbocycles. The van der Waals surface area contributed by atoms with Gasteiger partial charge in [0.1, 0.15) is 0 Å². The Morgan fingerprint density at radius 2 is 2.22 bits per heavy atom. The lowest BCUT2D eigenvalue weighted by Gasteiger charge is -2.23. The van der Waals surface area contributed by atoms with Gasteiger partial charge in [-0.15, -0.1) is 0 Å². The zero-order valence-electron chi connectivity index (χ0n) is 10.7. The molecule has 0 atom stereocenters. The normalized spacial score (nSPS) is 14.6. The second kappa shape index (κ2) is 5.61. The summed E-state index contributed by atoms with van der Waals surface area (Å²) in [5.74, 6) is 0.0169. The summed E-state index contributed by atoms with van der Waals surface area (Å²) in [6.45, 7) is 2.94. The number of rotatable bonds is 5. The Bertz CT molecular complexity index is 443. The van der Waals surface area contributed by atoms with Gasteiger partial charge in [-0.3, -0.25) is 4.79 Å². The van der Waals surface area contributed by atoms with E-state index >= 15 is 0 Å². The van der Waals surface area contributed by atoms with Crippen LogP contribution >= 0.6 is 11.6 Å². The number of carbonyl (C=O) groups excluding carboxylic acids is 1. The van der Waals surface area contributed by atoms with Crippen molar-refractivity contribution in [2.45, 2.75) is 38.6 Å². The van der Waals surface area contributed by atoms with Crippen LogP contribution in [0, 0.1) is 0 Å². The zero-order valence-corrected chi connectivity index (χ0v) is 11.4. The molecule has 0 heterocycles. The number of benzene rings is 1. The number of hydrogen-bond acceptors (Lipinski definition) is 2. The Kier molecular flexibility index (Phi) is 4.12. The smallest absolute Gasteiger partial charge is 0.255 e. The third-order valence-corrected chi connectivity index (χ3v) is 3.55. The molecule has 98 valence electrons. The van der Waals surface area contributed by atoms with Crippen LogP contribution in [0.2, 0.25) is 5.02 Å². The first-order valence-corrected chi connectivity index (χ1v) is 6.87.